The molecule has 1 nitrogen and oxygen atoms in total. The lowest BCUT2D eigenvalue weighted by atomic mass is 9.64. The Labute approximate surface area is 103 Å². The summed E-state index contributed by atoms with van der Waals surface area (Å²) in [4.78, 5) is 0.245. The first-order valence-electron chi connectivity index (χ1n) is 5.52. The van der Waals surface area contributed by atoms with Crippen LogP contribution in [0, 0.1) is 0 Å². The maximum atomic E-state index is 12.3. The Hall–Kier alpha value is -0.680. The Bertz CT molecular complexity index is 393. The van der Waals surface area contributed by atoms with Gasteiger partial charge in [0.05, 0.1) is 0 Å². The molecule has 0 spiro atoms. The van der Waals surface area contributed by atoms with Crippen LogP contribution in [0.15, 0.2) is 29.2 Å². The second kappa shape index (κ2) is 4.53. The molecule has 1 aromatic carbocycles. The third-order valence-electron chi connectivity index (χ3n) is 3.38. The summed E-state index contributed by atoms with van der Waals surface area (Å²) in [7, 11) is 0. The van der Waals surface area contributed by atoms with E-state index >= 15 is 0 Å². The highest BCUT2D eigenvalue weighted by atomic mass is 32.2. The maximum absolute atomic E-state index is 12.3. The smallest absolute Gasteiger partial charge is 0.330 e. The Morgan fingerprint density at radius 3 is 2.47 bits per heavy atom. The van der Waals surface area contributed by atoms with Gasteiger partial charge in [0.1, 0.15) is 0 Å². The lowest BCUT2D eigenvalue weighted by molar-refractivity contribution is -0.0328. The lowest BCUT2D eigenvalue weighted by Crippen LogP contribution is -2.41. The normalized spacial score (nSPS) is 18.8. The molecule has 1 aromatic rings. The van der Waals surface area contributed by atoms with E-state index in [-0.39, 0.29) is 22.1 Å². The number of benzene rings is 1. The molecule has 0 amide bonds. The third kappa shape index (κ3) is 2.77. The standard InChI is InChI=1S/C12H14F3NS/c13-12(14,15)17-10-4-1-3-9(7-10)11(8-16)5-2-6-11/h1,3-4,7H,2,5-6,8,16H2. The van der Waals surface area contributed by atoms with Gasteiger partial charge in [0.25, 0.3) is 0 Å². The largest absolute Gasteiger partial charge is 0.446 e. The van der Waals surface area contributed by atoms with Gasteiger partial charge in [-0.3, -0.25) is 0 Å². The maximum Gasteiger partial charge on any atom is 0.446 e. The predicted octanol–water partition coefficient (Wildman–Crippen LogP) is 3.68. The van der Waals surface area contributed by atoms with Gasteiger partial charge in [-0.15, -0.1) is 0 Å². The number of rotatable bonds is 3. The Kier molecular flexibility index (Phi) is 3.41. The molecular formula is C12H14F3NS. The van der Waals surface area contributed by atoms with Crippen LogP contribution in [0.5, 0.6) is 0 Å². The van der Waals surface area contributed by atoms with Gasteiger partial charge in [-0.25, -0.2) is 0 Å². The van der Waals surface area contributed by atoms with Crippen molar-refractivity contribution in [3.63, 3.8) is 0 Å². The van der Waals surface area contributed by atoms with Crippen LogP contribution < -0.4 is 5.73 Å². The molecule has 0 aromatic heterocycles. The first-order valence-corrected chi connectivity index (χ1v) is 6.33. The van der Waals surface area contributed by atoms with Crippen LogP contribution in [-0.4, -0.2) is 12.1 Å². The molecule has 0 atom stereocenters. The fourth-order valence-electron chi connectivity index (χ4n) is 2.24. The molecule has 0 radical (unpaired) electrons. The van der Waals surface area contributed by atoms with E-state index in [0.717, 1.165) is 24.8 Å². The SMILES string of the molecule is NCC1(c2cccc(SC(F)(F)F)c2)CCC1. The molecule has 2 N–H and O–H groups in total. The molecule has 0 aliphatic heterocycles. The minimum atomic E-state index is -4.23. The van der Waals surface area contributed by atoms with Crippen LogP contribution in [0.25, 0.3) is 0 Å². The Balaban J connectivity index is 2.22. The van der Waals surface area contributed by atoms with Crippen molar-refractivity contribution in [1.82, 2.24) is 0 Å². The quantitative estimate of drug-likeness (QED) is 0.840. The summed E-state index contributed by atoms with van der Waals surface area (Å²) in [6.07, 6.45) is 3.06. The predicted molar refractivity (Wildman–Crippen MR) is 62.9 cm³/mol. The van der Waals surface area contributed by atoms with Crippen molar-refractivity contribution in [2.45, 2.75) is 35.1 Å². The van der Waals surface area contributed by atoms with E-state index in [9.17, 15) is 13.2 Å². The molecule has 17 heavy (non-hydrogen) atoms. The van der Waals surface area contributed by atoms with Crippen LogP contribution in [-0.2, 0) is 5.41 Å². The lowest BCUT2D eigenvalue weighted by Gasteiger charge is -2.41. The number of hydrogen-bond acceptors (Lipinski definition) is 2. The molecule has 1 aliphatic rings. The molecule has 94 valence electrons. The van der Waals surface area contributed by atoms with Crippen molar-refractivity contribution in [3.05, 3.63) is 29.8 Å². The van der Waals surface area contributed by atoms with Crippen molar-refractivity contribution < 1.29 is 13.2 Å². The van der Waals surface area contributed by atoms with Gasteiger partial charge in [0.15, 0.2) is 0 Å². The number of thioether (sulfide) groups is 1. The first kappa shape index (κ1) is 12.8. The number of nitrogens with two attached hydrogens (primary N) is 1. The van der Waals surface area contributed by atoms with E-state index in [0.29, 0.717) is 6.54 Å². The molecule has 5 heteroatoms. The zero-order chi connectivity index (χ0) is 12.5. The summed E-state index contributed by atoms with van der Waals surface area (Å²) in [5.74, 6) is 0. The summed E-state index contributed by atoms with van der Waals surface area (Å²) in [5.41, 5.74) is 2.38. The van der Waals surface area contributed by atoms with E-state index in [1.165, 1.54) is 6.07 Å². The molecule has 1 aliphatic carbocycles. The molecule has 1 saturated carbocycles. The van der Waals surface area contributed by atoms with Crippen molar-refractivity contribution >= 4 is 11.8 Å². The number of alkyl halides is 3. The molecule has 0 heterocycles. The van der Waals surface area contributed by atoms with Crippen molar-refractivity contribution in [1.29, 1.82) is 0 Å². The molecule has 1 fully saturated rings. The highest BCUT2D eigenvalue weighted by Crippen LogP contribution is 2.45. The minimum Gasteiger partial charge on any atom is -0.330 e. The van der Waals surface area contributed by atoms with Crippen LogP contribution in [0.4, 0.5) is 13.2 Å². The van der Waals surface area contributed by atoms with Crippen molar-refractivity contribution in [3.8, 4) is 0 Å². The average Bonchev–Trinajstić information content (AvgIpc) is 2.14. The molecular weight excluding hydrogens is 247 g/mol. The molecule has 2 rings (SSSR count). The topological polar surface area (TPSA) is 26.0 Å². The summed E-state index contributed by atoms with van der Waals surface area (Å²) in [5, 5.41) is 0. The average molecular weight is 261 g/mol. The van der Waals surface area contributed by atoms with E-state index in [1.807, 2.05) is 6.07 Å². The van der Waals surface area contributed by atoms with Gasteiger partial charge in [0, 0.05) is 16.9 Å². The fourth-order valence-corrected chi connectivity index (χ4v) is 2.84. The van der Waals surface area contributed by atoms with Crippen LogP contribution in [0.1, 0.15) is 24.8 Å². The van der Waals surface area contributed by atoms with Gasteiger partial charge in [-0.2, -0.15) is 13.2 Å². The summed E-state index contributed by atoms with van der Waals surface area (Å²) >= 11 is -0.0647. The van der Waals surface area contributed by atoms with E-state index in [2.05, 4.69) is 0 Å². The van der Waals surface area contributed by atoms with E-state index < -0.39 is 5.51 Å². The van der Waals surface area contributed by atoms with Gasteiger partial charge >= 0.3 is 5.51 Å². The first-order chi connectivity index (χ1) is 7.95. The molecule has 0 unspecified atom stereocenters. The van der Waals surface area contributed by atoms with Gasteiger partial charge in [-0.1, -0.05) is 18.6 Å². The van der Waals surface area contributed by atoms with Crippen LogP contribution in [0.2, 0.25) is 0 Å². The second-order valence-electron chi connectivity index (χ2n) is 4.41. The zero-order valence-electron chi connectivity index (χ0n) is 9.26. The van der Waals surface area contributed by atoms with E-state index in [4.69, 9.17) is 5.73 Å². The zero-order valence-corrected chi connectivity index (χ0v) is 10.1. The van der Waals surface area contributed by atoms with Crippen molar-refractivity contribution in [2.75, 3.05) is 6.54 Å². The fraction of sp³-hybridized carbons (Fsp3) is 0.500. The molecule has 0 bridgehead atoms. The second-order valence-corrected chi connectivity index (χ2v) is 5.55. The molecule has 0 saturated heterocycles. The highest BCUT2D eigenvalue weighted by Gasteiger charge is 2.38. The Morgan fingerprint density at radius 2 is 2.00 bits per heavy atom. The highest BCUT2D eigenvalue weighted by molar-refractivity contribution is 8.00. The summed E-state index contributed by atoms with van der Waals surface area (Å²) in [6.45, 7) is 0.507. The van der Waals surface area contributed by atoms with Crippen molar-refractivity contribution in [2.24, 2.45) is 5.73 Å². The van der Waals surface area contributed by atoms with E-state index in [1.54, 1.807) is 12.1 Å². The van der Waals surface area contributed by atoms with Gasteiger partial charge < -0.3 is 5.73 Å². The third-order valence-corrected chi connectivity index (χ3v) is 4.10. The summed E-state index contributed by atoms with van der Waals surface area (Å²) < 4.78 is 36.9. The number of halogens is 3. The van der Waals surface area contributed by atoms with Gasteiger partial charge in [0.2, 0.25) is 0 Å². The van der Waals surface area contributed by atoms with Gasteiger partial charge in [-0.05, 0) is 42.3 Å². The summed E-state index contributed by atoms with van der Waals surface area (Å²) in [6, 6.07) is 6.68. The minimum absolute atomic E-state index is 0.0647. The monoisotopic (exact) mass is 261 g/mol. The van der Waals surface area contributed by atoms with Crippen LogP contribution in [0.3, 0.4) is 0 Å². The van der Waals surface area contributed by atoms with Crippen LogP contribution >= 0.6 is 11.8 Å². The Morgan fingerprint density at radius 1 is 1.29 bits per heavy atom. The number of hydrogen-bond donors (Lipinski definition) is 1.